The number of halogens is 1. The maximum atomic E-state index is 12.5. The van der Waals surface area contributed by atoms with Crippen LogP contribution >= 0.6 is 11.6 Å². The van der Waals surface area contributed by atoms with Crippen LogP contribution in [0.15, 0.2) is 54.6 Å². The minimum atomic E-state index is -0.220. The van der Waals surface area contributed by atoms with Crippen LogP contribution in [0.1, 0.15) is 24.0 Å². The number of rotatable bonds is 5. The van der Waals surface area contributed by atoms with Crippen molar-refractivity contribution in [2.45, 2.75) is 31.5 Å². The van der Waals surface area contributed by atoms with Crippen molar-refractivity contribution >= 4 is 17.5 Å². The number of likely N-dealkylation sites (tertiary alicyclic amines) is 1. The Morgan fingerprint density at radius 1 is 1.20 bits per heavy atom. The Hall–Kier alpha value is -1.88. The minimum absolute atomic E-state index is 0.000770. The van der Waals surface area contributed by atoms with Gasteiger partial charge in [-0.15, -0.1) is 0 Å². The molecule has 1 saturated heterocycles. The second-order valence-electron chi connectivity index (χ2n) is 6.62. The summed E-state index contributed by atoms with van der Waals surface area (Å²) < 4.78 is 0. The molecular formula is C20H24ClN3O. The van der Waals surface area contributed by atoms with E-state index in [1.54, 1.807) is 0 Å². The first kappa shape index (κ1) is 17.9. The van der Waals surface area contributed by atoms with Crippen LogP contribution in [-0.4, -0.2) is 36.0 Å². The molecule has 0 saturated carbocycles. The number of nitrogens with one attached hydrogen (secondary N) is 1. The van der Waals surface area contributed by atoms with Crippen molar-refractivity contribution in [2.75, 3.05) is 13.1 Å². The van der Waals surface area contributed by atoms with Crippen molar-refractivity contribution in [1.82, 2.24) is 10.2 Å². The van der Waals surface area contributed by atoms with E-state index in [0.29, 0.717) is 11.6 Å². The topological polar surface area (TPSA) is 58.4 Å². The number of hydrogen-bond acceptors (Lipinski definition) is 3. The second kappa shape index (κ2) is 8.00. The van der Waals surface area contributed by atoms with E-state index in [1.807, 2.05) is 49.4 Å². The zero-order valence-corrected chi connectivity index (χ0v) is 15.1. The normalized spacial score (nSPS) is 21.9. The largest absolute Gasteiger partial charge is 0.351 e. The Bertz CT molecular complexity index is 722. The molecule has 4 nitrogen and oxygen atoms in total. The monoisotopic (exact) mass is 357 g/mol. The number of nitrogens with zero attached hydrogens (tertiary/aromatic N) is 1. The molecule has 1 heterocycles. The first-order valence-electron chi connectivity index (χ1n) is 8.62. The molecule has 1 aliphatic heterocycles. The summed E-state index contributed by atoms with van der Waals surface area (Å²) in [5, 5.41) is 3.65. The van der Waals surface area contributed by atoms with Crippen molar-refractivity contribution in [3.63, 3.8) is 0 Å². The number of carbonyl (C=O) groups excluding carboxylic acids is 1. The van der Waals surface area contributed by atoms with Gasteiger partial charge in [0.05, 0.1) is 6.04 Å². The zero-order chi connectivity index (χ0) is 17.8. The minimum Gasteiger partial charge on any atom is -0.351 e. The molecule has 0 bridgehead atoms. The van der Waals surface area contributed by atoms with Crippen LogP contribution in [0.2, 0.25) is 5.02 Å². The molecule has 1 aliphatic rings. The molecule has 132 valence electrons. The van der Waals surface area contributed by atoms with Crippen LogP contribution < -0.4 is 11.1 Å². The van der Waals surface area contributed by atoms with Gasteiger partial charge in [0.15, 0.2) is 0 Å². The van der Waals surface area contributed by atoms with Crippen molar-refractivity contribution in [3.8, 4) is 0 Å². The van der Waals surface area contributed by atoms with E-state index in [1.165, 1.54) is 5.56 Å². The van der Waals surface area contributed by atoms with Gasteiger partial charge in [0.25, 0.3) is 0 Å². The first-order chi connectivity index (χ1) is 12.1. The number of amides is 1. The standard InChI is InChI=1S/C20H24ClN3O/c1-14(20(25)23-11-16-9-5-6-10-18(16)21)24-12-17(19(22)13-24)15-7-3-2-4-8-15/h2-10,14,17,19H,11-13,22H2,1H3,(H,23,25)/t14?,17-,19+/m0/s1. The Balaban J connectivity index is 1.58. The highest BCUT2D eigenvalue weighted by molar-refractivity contribution is 6.31. The van der Waals surface area contributed by atoms with Crippen LogP contribution in [0.3, 0.4) is 0 Å². The molecule has 3 N–H and O–H groups in total. The van der Waals surface area contributed by atoms with Gasteiger partial charge in [-0.3, -0.25) is 9.69 Å². The Kier molecular flexibility index (Phi) is 5.74. The van der Waals surface area contributed by atoms with Crippen molar-refractivity contribution in [1.29, 1.82) is 0 Å². The summed E-state index contributed by atoms with van der Waals surface area (Å²) in [5.41, 5.74) is 8.49. The molecule has 1 fully saturated rings. The third kappa shape index (κ3) is 4.21. The molecule has 0 aliphatic carbocycles. The van der Waals surface area contributed by atoms with Crippen LogP contribution in [0.5, 0.6) is 0 Å². The Morgan fingerprint density at radius 3 is 2.60 bits per heavy atom. The lowest BCUT2D eigenvalue weighted by atomic mass is 9.95. The zero-order valence-electron chi connectivity index (χ0n) is 14.4. The second-order valence-corrected chi connectivity index (χ2v) is 7.03. The fraction of sp³-hybridized carbons (Fsp3) is 0.350. The smallest absolute Gasteiger partial charge is 0.237 e. The summed E-state index contributed by atoms with van der Waals surface area (Å²) in [6.45, 7) is 3.89. The lowest BCUT2D eigenvalue weighted by molar-refractivity contribution is -0.125. The van der Waals surface area contributed by atoms with Gasteiger partial charge in [0, 0.05) is 36.6 Å². The number of benzene rings is 2. The van der Waals surface area contributed by atoms with Gasteiger partial charge in [-0.1, -0.05) is 60.1 Å². The van der Waals surface area contributed by atoms with Gasteiger partial charge in [-0.25, -0.2) is 0 Å². The SMILES string of the molecule is CC(C(=O)NCc1ccccc1Cl)N1C[C@@H](N)[C@H](c2ccccc2)C1. The van der Waals surface area contributed by atoms with Crippen LogP contribution in [0.4, 0.5) is 0 Å². The predicted molar refractivity (Wildman–Crippen MR) is 101 cm³/mol. The van der Waals surface area contributed by atoms with Crippen molar-refractivity contribution in [2.24, 2.45) is 5.73 Å². The molecule has 3 atom stereocenters. The van der Waals surface area contributed by atoms with Crippen LogP contribution in [0, 0.1) is 0 Å². The van der Waals surface area contributed by atoms with E-state index in [0.717, 1.165) is 18.7 Å². The van der Waals surface area contributed by atoms with E-state index in [4.69, 9.17) is 17.3 Å². The average molecular weight is 358 g/mol. The predicted octanol–water partition coefficient (Wildman–Crippen LogP) is 2.77. The lowest BCUT2D eigenvalue weighted by Crippen LogP contribution is -2.44. The van der Waals surface area contributed by atoms with Gasteiger partial charge in [-0.05, 0) is 24.1 Å². The molecule has 0 spiro atoms. The summed E-state index contributed by atoms with van der Waals surface area (Å²) in [4.78, 5) is 14.7. The highest BCUT2D eigenvalue weighted by atomic mass is 35.5. The maximum absolute atomic E-state index is 12.5. The van der Waals surface area contributed by atoms with Crippen LogP contribution in [0.25, 0.3) is 0 Å². The molecule has 2 aromatic carbocycles. The molecule has 5 heteroatoms. The van der Waals surface area contributed by atoms with E-state index in [9.17, 15) is 4.79 Å². The third-order valence-corrected chi connectivity index (χ3v) is 5.33. The Labute approximate surface area is 154 Å². The number of nitrogens with two attached hydrogens (primary N) is 1. The molecular weight excluding hydrogens is 334 g/mol. The fourth-order valence-electron chi connectivity index (χ4n) is 3.37. The molecule has 3 rings (SSSR count). The van der Waals surface area contributed by atoms with Crippen LogP contribution in [-0.2, 0) is 11.3 Å². The summed E-state index contributed by atoms with van der Waals surface area (Å²) in [7, 11) is 0. The van der Waals surface area contributed by atoms with Crippen molar-refractivity contribution < 1.29 is 4.79 Å². The van der Waals surface area contributed by atoms with Gasteiger partial charge < -0.3 is 11.1 Å². The summed E-state index contributed by atoms with van der Waals surface area (Å²) in [6, 6.07) is 17.7. The lowest BCUT2D eigenvalue weighted by Gasteiger charge is -2.23. The molecule has 25 heavy (non-hydrogen) atoms. The highest BCUT2D eigenvalue weighted by Gasteiger charge is 2.35. The molecule has 0 aromatic heterocycles. The summed E-state index contributed by atoms with van der Waals surface area (Å²) in [5.74, 6) is 0.265. The average Bonchev–Trinajstić information content (AvgIpc) is 3.02. The molecule has 2 aromatic rings. The van der Waals surface area contributed by atoms with Gasteiger partial charge in [-0.2, -0.15) is 0 Å². The third-order valence-electron chi connectivity index (χ3n) is 4.96. The molecule has 1 unspecified atom stereocenters. The van der Waals surface area contributed by atoms with Gasteiger partial charge in [0.2, 0.25) is 5.91 Å². The number of carbonyl (C=O) groups is 1. The quantitative estimate of drug-likeness (QED) is 0.865. The molecule has 1 amide bonds. The maximum Gasteiger partial charge on any atom is 0.237 e. The summed E-state index contributed by atoms with van der Waals surface area (Å²) >= 11 is 6.14. The fourth-order valence-corrected chi connectivity index (χ4v) is 3.57. The molecule has 0 radical (unpaired) electrons. The Morgan fingerprint density at radius 2 is 1.88 bits per heavy atom. The van der Waals surface area contributed by atoms with Gasteiger partial charge >= 0.3 is 0 Å². The summed E-state index contributed by atoms with van der Waals surface area (Å²) in [6.07, 6.45) is 0. The van der Waals surface area contributed by atoms with E-state index in [2.05, 4.69) is 22.3 Å². The van der Waals surface area contributed by atoms with E-state index in [-0.39, 0.29) is 23.9 Å². The van der Waals surface area contributed by atoms with Crippen molar-refractivity contribution in [3.05, 3.63) is 70.7 Å². The van der Waals surface area contributed by atoms with E-state index < -0.39 is 0 Å². The first-order valence-corrected chi connectivity index (χ1v) is 8.99. The number of hydrogen-bond donors (Lipinski definition) is 2. The highest BCUT2D eigenvalue weighted by Crippen LogP contribution is 2.27. The van der Waals surface area contributed by atoms with Gasteiger partial charge in [0.1, 0.15) is 0 Å². The van der Waals surface area contributed by atoms with E-state index >= 15 is 0 Å².